The first-order chi connectivity index (χ1) is 10.6. The summed E-state index contributed by atoms with van der Waals surface area (Å²) >= 11 is 7.30. The van der Waals surface area contributed by atoms with E-state index in [2.05, 4.69) is 5.32 Å². The van der Waals surface area contributed by atoms with Crippen LogP contribution >= 0.6 is 23.4 Å². The molecule has 0 radical (unpaired) electrons. The van der Waals surface area contributed by atoms with Crippen molar-refractivity contribution in [3.05, 3.63) is 59.1 Å². The Morgan fingerprint density at radius 1 is 1.14 bits per heavy atom. The predicted molar refractivity (Wildman–Crippen MR) is 91.9 cm³/mol. The highest BCUT2D eigenvalue weighted by molar-refractivity contribution is 8.00. The van der Waals surface area contributed by atoms with Crippen molar-refractivity contribution in [3.63, 3.8) is 0 Å². The molecule has 0 bridgehead atoms. The molecular formula is C17H18ClNO2S. The summed E-state index contributed by atoms with van der Waals surface area (Å²) < 4.78 is 5.55. The number of halogens is 1. The number of aryl methyl sites for hydroxylation is 1. The van der Waals surface area contributed by atoms with Crippen LogP contribution in [0, 0.1) is 6.92 Å². The number of carbonyl (C=O) groups excluding carboxylic acids is 1. The molecule has 2 aromatic rings. The molecule has 0 aliphatic heterocycles. The summed E-state index contributed by atoms with van der Waals surface area (Å²) in [7, 11) is 0. The van der Waals surface area contributed by atoms with E-state index >= 15 is 0 Å². The number of ether oxygens (including phenoxy) is 1. The van der Waals surface area contributed by atoms with Crippen LogP contribution < -0.4 is 10.1 Å². The highest BCUT2D eigenvalue weighted by atomic mass is 35.5. The lowest BCUT2D eigenvalue weighted by atomic mass is 10.2. The van der Waals surface area contributed by atoms with Crippen LogP contribution in [0.1, 0.15) is 5.56 Å². The first-order valence-electron chi connectivity index (χ1n) is 6.98. The number of rotatable bonds is 7. The van der Waals surface area contributed by atoms with Gasteiger partial charge in [-0.15, -0.1) is 11.8 Å². The smallest absolute Gasteiger partial charge is 0.230 e. The van der Waals surface area contributed by atoms with Gasteiger partial charge in [0.1, 0.15) is 12.4 Å². The molecule has 1 amide bonds. The molecule has 0 spiro atoms. The Morgan fingerprint density at radius 3 is 2.50 bits per heavy atom. The van der Waals surface area contributed by atoms with E-state index in [1.54, 1.807) is 0 Å². The van der Waals surface area contributed by atoms with Gasteiger partial charge in [-0.2, -0.15) is 0 Å². The summed E-state index contributed by atoms with van der Waals surface area (Å²) in [5.74, 6) is 1.19. The SMILES string of the molecule is Cc1ccc(OCCNC(=O)CSc2ccc(Cl)cc2)cc1. The second-order valence-electron chi connectivity index (χ2n) is 4.75. The lowest BCUT2D eigenvalue weighted by molar-refractivity contribution is -0.118. The van der Waals surface area contributed by atoms with Crippen LogP contribution in [0.25, 0.3) is 0 Å². The number of carbonyl (C=O) groups is 1. The molecule has 22 heavy (non-hydrogen) atoms. The van der Waals surface area contributed by atoms with Crippen LogP contribution in [0.3, 0.4) is 0 Å². The molecule has 5 heteroatoms. The van der Waals surface area contributed by atoms with E-state index in [1.165, 1.54) is 17.3 Å². The molecule has 0 saturated heterocycles. The Hall–Kier alpha value is -1.65. The fourth-order valence-corrected chi connectivity index (χ4v) is 2.58. The molecule has 0 saturated carbocycles. The average Bonchev–Trinajstić information content (AvgIpc) is 2.53. The van der Waals surface area contributed by atoms with Gasteiger partial charge in [-0.25, -0.2) is 0 Å². The lowest BCUT2D eigenvalue weighted by Crippen LogP contribution is -2.29. The number of nitrogens with one attached hydrogen (secondary N) is 1. The molecular weight excluding hydrogens is 318 g/mol. The van der Waals surface area contributed by atoms with Gasteiger partial charge in [0.25, 0.3) is 0 Å². The summed E-state index contributed by atoms with van der Waals surface area (Å²) in [6.07, 6.45) is 0. The molecule has 0 aliphatic carbocycles. The fourth-order valence-electron chi connectivity index (χ4n) is 1.72. The summed E-state index contributed by atoms with van der Waals surface area (Å²) in [5, 5.41) is 3.53. The first-order valence-corrected chi connectivity index (χ1v) is 8.34. The van der Waals surface area contributed by atoms with Gasteiger partial charge in [0.15, 0.2) is 0 Å². The van der Waals surface area contributed by atoms with Crippen molar-refractivity contribution < 1.29 is 9.53 Å². The van der Waals surface area contributed by atoms with E-state index in [1.807, 2.05) is 55.5 Å². The zero-order chi connectivity index (χ0) is 15.8. The molecule has 3 nitrogen and oxygen atoms in total. The zero-order valence-corrected chi connectivity index (χ0v) is 13.9. The Labute approximate surface area is 140 Å². The van der Waals surface area contributed by atoms with Crippen molar-refractivity contribution in [1.82, 2.24) is 5.32 Å². The van der Waals surface area contributed by atoms with E-state index in [0.717, 1.165) is 10.6 Å². The van der Waals surface area contributed by atoms with Gasteiger partial charge >= 0.3 is 0 Å². The summed E-state index contributed by atoms with van der Waals surface area (Å²) in [5.41, 5.74) is 1.19. The molecule has 2 aromatic carbocycles. The van der Waals surface area contributed by atoms with Crippen molar-refractivity contribution in [1.29, 1.82) is 0 Å². The van der Waals surface area contributed by atoms with Crippen LogP contribution in [-0.2, 0) is 4.79 Å². The topological polar surface area (TPSA) is 38.3 Å². The standard InChI is InChI=1S/C17H18ClNO2S/c1-13-2-6-15(7-3-13)21-11-10-19-17(20)12-22-16-8-4-14(18)5-9-16/h2-9H,10-12H2,1H3,(H,19,20). The molecule has 0 aliphatic rings. The second-order valence-corrected chi connectivity index (χ2v) is 6.24. The number of hydrogen-bond acceptors (Lipinski definition) is 3. The maximum absolute atomic E-state index is 11.7. The molecule has 1 N–H and O–H groups in total. The predicted octanol–water partition coefficient (Wildman–Crippen LogP) is 3.94. The molecule has 0 unspecified atom stereocenters. The van der Waals surface area contributed by atoms with Crippen molar-refractivity contribution in [2.75, 3.05) is 18.9 Å². The third kappa shape index (κ3) is 6.00. The van der Waals surface area contributed by atoms with Crippen molar-refractivity contribution in [2.24, 2.45) is 0 Å². The average molecular weight is 336 g/mol. The monoisotopic (exact) mass is 335 g/mol. The van der Waals surface area contributed by atoms with Gasteiger partial charge in [0, 0.05) is 9.92 Å². The lowest BCUT2D eigenvalue weighted by Gasteiger charge is -2.08. The van der Waals surface area contributed by atoms with Gasteiger partial charge in [0.2, 0.25) is 5.91 Å². The van der Waals surface area contributed by atoms with Crippen molar-refractivity contribution in [2.45, 2.75) is 11.8 Å². The van der Waals surface area contributed by atoms with Crippen LogP contribution in [-0.4, -0.2) is 24.8 Å². The van der Waals surface area contributed by atoms with E-state index in [4.69, 9.17) is 16.3 Å². The second kappa shape index (κ2) is 8.71. The van der Waals surface area contributed by atoms with Gasteiger partial charge in [-0.1, -0.05) is 29.3 Å². The molecule has 0 fully saturated rings. The van der Waals surface area contributed by atoms with Crippen LogP contribution in [0.5, 0.6) is 5.75 Å². The van der Waals surface area contributed by atoms with Crippen molar-refractivity contribution in [3.8, 4) is 5.75 Å². The third-order valence-corrected chi connectivity index (χ3v) is 4.16. The number of amides is 1. The minimum atomic E-state index is -0.00699. The minimum Gasteiger partial charge on any atom is -0.492 e. The third-order valence-electron chi connectivity index (χ3n) is 2.90. The van der Waals surface area contributed by atoms with Gasteiger partial charge in [-0.05, 0) is 43.3 Å². The Morgan fingerprint density at radius 2 is 1.82 bits per heavy atom. The quantitative estimate of drug-likeness (QED) is 0.615. The molecule has 0 atom stereocenters. The number of thioether (sulfide) groups is 1. The Balaban J connectivity index is 1.61. The Bertz CT molecular complexity index is 599. The summed E-state index contributed by atoms with van der Waals surface area (Å²) in [6, 6.07) is 15.3. The maximum Gasteiger partial charge on any atom is 0.230 e. The zero-order valence-electron chi connectivity index (χ0n) is 12.3. The van der Waals surface area contributed by atoms with E-state index < -0.39 is 0 Å². The molecule has 0 heterocycles. The van der Waals surface area contributed by atoms with Gasteiger partial charge < -0.3 is 10.1 Å². The molecule has 2 rings (SSSR count). The fraction of sp³-hybridized carbons (Fsp3) is 0.235. The van der Waals surface area contributed by atoms with E-state index in [9.17, 15) is 4.79 Å². The van der Waals surface area contributed by atoms with Crippen LogP contribution in [0.2, 0.25) is 5.02 Å². The highest BCUT2D eigenvalue weighted by Gasteiger charge is 2.02. The molecule has 0 aromatic heterocycles. The van der Waals surface area contributed by atoms with E-state index in [-0.39, 0.29) is 5.91 Å². The normalized spacial score (nSPS) is 10.3. The molecule has 116 valence electrons. The van der Waals surface area contributed by atoms with E-state index in [0.29, 0.717) is 23.9 Å². The number of benzene rings is 2. The highest BCUT2D eigenvalue weighted by Crippen LogP contribution is 2.19. The van der Waals surface area contributed by atoms with Crippen LogP contribution in [0.15, 0.2) is 53.4 Å². The maximum atomic E-state index is 11.7. The first kappa shape index (κ1) is 16.7. The Kier molecular flexibility index (Phi) is 6.62. The van der Waals surface area contributed by atoms with Gasteiger partial charge in [-0.3, -0.25) is 4.79 Å². The van der Waals surface area contributed by atoms with Crippen LogP contribution in [0.4, 0.5) is 0 Å². The summed E-state index contributed by atoms with van der Waals surface area (Å²) in [6.45, 7) is 2.98. The number of hydrogen-bond donors (Lipinski definition) is 1. The van der Waals surface area contributed by atoms with Crippen molar-refractivity contribution >= 4 is 29.3 Å². The summed E-state index contributed by atoms with van der Waals surface area (Å²) in [4.78, 5) is 12.7. The minimum absolute atomic E-state index is 0.00699. The van der Waals surface area contributed by atoms with Gasteiger partial charge in [0.05, 0.1) is 12.3 Å². The largest absolute Gasteiger partial charge is 0.492 e.